The number of halogens is 1. The zero-order valence-electron chi connectivity index (χ0n) is 14.7. The molecule has 2 aromatic carbocycles. The Morgan fingerprint density at radius 2 is 1.92 bits per heavy atom. The first-order valence-corrected chi connectivity index (χ1v) is 8.86. The number of hydrogen-bond donors (Lipinski definition) is 1. The third kappa shape index (κ3) is 3.98. The van der Waals surface area contributed by atoms with Crippen LogP contribution in [0.25, 0.3) is 0 Å². The number of phenols is 1. The van der Waals surface area contributed by atoms with Crippen LogP contribution in [0.2, 0.25) is 0 Å². The summed E-state index contributed by atoms with van der Waals surface area (Å²) in [5.41, 5.74) is 4.15. The minimum absolute atomic E-state index is 0.0925. The van der Waals surface area contributed by atoms with Gasteiger partial charge in [0.05, 0.1) is 6.04 Å². The van der Waals surface area contributed by atoms with E-state index >= 15 is 0 Å². The van der Waals surface area contributed by atoms with Crippen molar-refractivity contribution in [2.75, 3.05) is 0 Å². The van der Waals surface area contributed by atoms with Gasteiger partial charge in [0.25, 0.3) is 0 Å². The van der Waals surface area contributed by atoms with E-state index in [4.69, 9.17) is 4.99 Å². The molecular formula is C22H24FNO. The average molecular weight is 337 g/mol. The minimum atomic E-state index is -0.197. The second-order valence-electron chi connectivity index (χ2n) is 6.60. The Kier molecular flexibility index (Phi) is 5.32. The molecule has 1 heterocycles. The van der Waals surface area contributed by atoms with Crippen molar-refractivity contribution in [2.24, 2.45) is 10.9 Å². The topological polar surface area (TPSA) is 32.6 Å². The van der Waals surface area contributed by atoms with Crippen LogP contribution in [0.1, 0.15) is 43.9 Å². The van der Waals surface area contributed by atoms with E-state index in [0.29, 0.717) is 0 Å². The summed E-state index contributed by atoms with van der Waals surface area (Å²) >= 11 is 0. The molecule has 2 aromatic rings. The van der Waals surface area contributed by atoms with Crippen molar-refractivity contribution in [2.45, 2.75) is 39.2 Å². The van der Waals surface area contributed by atoms with Gasteiger partial charge in [-0.15, -0.1) is 0 Å². The first kappa shape index (κ1) is 17.4. The second-order valence-corrected chi connectivity index (χ2v) is 6.60. The number of aromatic hydroxyl groups is 1. The summed E-state index contributed by atoms with van der Waals surface area (Å²) in [4.78, 5) is 4.89. The van der Waals surface area contributed by atoms with Crippen molar-refractivity contribution in [3.05, 3.63) is 77.1 Å². The fourth-order valence-corrected chi connectivity index (χ4v) is 3.54. The lowest BCUT2D eigenvalue weighted by Crippen LogP contribution is -2.18. The van der Waals surface area contributed by atoms with Crippen molar-refractivity contribution in [3.8, 4) is 5.75 Å². The van der Waals surface area contributed by atoms with Crippen molar-refractivity contribution < 1.29 is 9.50 Å². The molecule has 1 N–H and O–H groups in total. The number of benzene rings is 2. The van der Waals surface area contributed by atoms with E-state index in [9.17, 15) is 9.50 Å². The van der Waals surface area contributed by atoms with Gasteiger partial charge < -0.3 is 5.11 Å². The Labute approximate surface area is 148 Å². The Morgan fingerprint density at radius 1 is 1.12 bits per heavy atom. The number of rotatable bonds is 5. The maximum absolute atomic E-state index is 13.4. The van der Waals surface area contributed by atoms with Crippen LogP contribution < -0.4 is 0 Å². The molecule has 1 aliphatic rings. The summed E-state index contributed by atoms with van der Waals surface area (Å²) in [6.45, 7) is 4.17. The highest BCUT2D eigenvalue weighted by molar-refractivity contribution is 5.99. The Bertz CT molecular complexity index is 809. The number of phenolic OH excluding ortho intramolecular Hbond substituents is 1. The predicted molar refractivity (Wildman–Crippen MR) is 101 cm³/mol. The molecule has 0 saturated heterocycles. The van der Waals surface area contributed by atoms with Gasteiger partial charge in [0.2, 0.25) is 0 Å². The molecule has 2 nitrogen and oxygen atoms in total. The highest BCUT2D eigenvalue weighted by Crippen LogP contribution is 2.39. The minimum Gasteiger partial charge on any atom is -0.508 e. The lowest BCUT2D eigenvalue weighted by atomic mass is 9.83. The number of nitrogens with zero attached hydrogens (tertiary/aromatic N) is 1. The number of para-hydroxylation sites is 1. The Morgan fingerprint density at radius 3 is 2.64 bits per heavy atom. The Balaban J connectivity index is 1.87. The molecule has 0 radical (unpaired) electrons. The third-order valence-electron chi connectivity index (χ3n) is 4.91. The molecule has 0 aliphatic carbocycles. The number of dihydropyridines is 1. The molecular weight excluding hydrogens is 313 g/mol. The van der Waals surface area contributed by atoms with Gasteiger partial charge in [-0.1, -0.05) is 43.3 Å². The first-order valence-electron chi connectivity index (χ1n) is 8.86. The van der Waals surface area contributed by atoms with Crippen molar-refractivity contribution in [3.63, 3.8) is 0 Å². The van der Waals surface area contributed by atoms with Crippen LogP contribution in [0, 0.1) is 11.7 Å². The zero-order chi connectivity index (χ0) is 17.8. The van der Waals surface area contributed by atoms with E-state index in [1.807, 2.05) is 31.2 Å². The van der Waals surface area contributed by atoms with Crippen molar-refractivity contribution in [1.82, 2.24) is 0 Å². The van der Waals surface area contributed by atoms with Gasteiger partial charge in [-0.3, -0.25) is 4.99 Å². The van der Waals surface area contributed by atoms with E-state index in [2.05, 4.69) is 13.0 Å². The highest BCUT2D eigenvalue weighted by Gasteiger charge is 2.27. The van der Waals surface area contributed by atoms with E-state index in [0.717, 1.165) is 36.1 Å². The van der Waals surface area contributed by atoms with Crippen LogP contribution >= 0.6 is 0 Å². The molecule has 130 valence electrons. The smallest absolute Gasteiger partial charge is 0.123 e. The fraction of sp³-hybridized carbons (Fsp3) is 0.318. The quantitative estimate of drug-likeness (QED) is 0.753. The van der Waals surface area contributed by atoms with Gasteiger partial charge in [0, 0.05) is 17.2 Å². The molecule has 0 fully saturated rings. The normalized spacial score (nSPS) is 20.1. The molecule has 0 aromatic heterocycles. The number of aryl methyl sites for hydroxylation is 1. The second kappa shape index (κ2) is 7.64. The summed E-state index contributed by atoms with van der Waals surface area (Å²) < 4.78 is 13.4. The van der Waals surface area contributed by atoms with Gasteiger partial charge >= 0.3 is 0 Å². The van der Waals surface area contributed by atoms with Crippen LogP contribution in [0.5, 0.6) is 5.75 Å². The number of hydrogen-bond acceptors (Lipinski definition) is 2. The van der Waals surface area contributed by atoms with Crippen LogP contribution in [0.3, 0.4) is 0 Å². The van der Waals surface area contributed by atoms with E-state index in [-0.39, 0.29) is 23.5 Å². The maximum atomic E-state index is 13.4. The molecule has 3 rings (SSSR count). The largest absolute Gasteiger partial charge is 0.508 e. The first-order chi connectivity index (χ1) is 12.1. The van der Waals surface area contributed by atoms with Crippen molar-refractivity contribution in [1.29, 1.82) is 0 Å². The zero-order valence-corrected chi connectivity index (χ0v) is 14.7. The van der Waals surface area contributed by atoms with E-state index in [1.165, 1.54) is 11.6 Å². The summed E-state index contributed by atoms with van der Waals surface area (Å²) in [6.07, 6.45) is 4.88. The van der Waals surface area contributed by atoms with Gasteiger partial charge in [-0.25, -0.2) is 4.39 Å². The molecule has 3 heteroatoms. The summed E-state index contributed by atoms with van der Waals surface area (Å²) in [7, 11) is 0. The van der Waals surface area contributed by atoms with E-state index < -0.39 is 0 Å². The Hall–Kier alpha value is -2.42. The molecule has 2 atom stereocenters. The summed E-state index contributed by atoms with van der Waals surface area (Å²) in [5.74, 6) is 0.278. The lowest BCUT2D eigenvalue weighted by molar-refractivity contribution is 0.431. The number of aliphatic imine (C=N–C) groups is 1. The third-order valence-corrected chi connectivity index (χ3v) is 4.91. The average Bonchev–Trinajstić information content (AvgIpc) is 2.61. The monoisotopic (exact) mass is 337 g/mol. The van der Waals surface area contributed by atoms with Crippen LogP contribution in [-0.2, 0) is 6.42 Å². The van der Waals surface area contributed by atoms with Gasteiger partial charge in [0.15, 0.2) is 0 Å². The van der Waals surface area contributed by atoms with Gasteiger partial charge in [-0.2, -0.15) is 0 Å². The predicted octanol–water partition coefficient (Wildman–Crippen LogP) is 5.63. The van der Waals surface area contributed by atoms with Gasteiger partial charge in [-0.05, 0) is 55.5 Å². The highest BCUT2D eigenvalue weighted by atomic mass is 19.1. The fourth-order valence-electron chi connectivity index (χ4n) is 3.54. The molecule has 1 aliphatic heterocycles. The maximum Gasteiger partial charge on any atom is 0.123 e. The SMILES string of the molecule is CCC1=CC(CCc2cccc(F)c2)C(c2ccccc2O)N=C1C. The van der Waals surface area contributed by atoms with E-state index in [1.54, 1.807) is 18.2 Å². The molecule has 2 unspecified atom stereocenters. The van der Waals surface area contributed by atoms with Crippen LogP contribution in [-0.4, -0.2) is 10.8 Å². The van der Waals surface area contributed by atoms with Crippen molar-refractivity contribution >= 4 is 5.71 Å². The molecule has 0 bridgehead atoms. The summed E-state index contributed by atoms with van der Waals surface area (Å²) in [6, 6.07) is 14.1. The lowest BCUT2D eigenvalue weighted by Gasteiger charge is -2.28. The number of allylic oxidation sites excluding steroid dienone is 1. The molecule has 0 amide bonds. The summed E-state index contributed by atoms with van der Waals surface area (Å²) in [5, 5.41) is 10.3. The van der Waals surface area contributed by atoms with Crippen LogP contribution in [0.15, 0.2) is 65.2 Å². The van der Waals surface area contributed by atoms with Crippen LogP contribution in [0.4, 0.5) is 4.39 Å². The molecule has 25 heavy (non-hydrogen) atoms. The van der Waals surface area contributed by atoms with Gasteiger partial charge in [0.1, 0.15) is 11.6 Å². The molecule has 0 saturated carbocycles. The standard InChI is InChI=1S/C22H24FNO/c1-3-17-14-18(12-11-16-7-6-8-19(23)13-16)22(24-15(17)2)20-9-4-5-10-21(20)25/h4-10,13-14,18,22,25H,3,11-12H2,1-2H3. The molecule has 0 spiro atoms.